The lowest BCUT2D eigenvalue weighted by Crippen LogP contribution is -2.28. The first kappa shape index (κ1) is 19.1. The predicted octanol–water partition coefficient (Wildman–Crippen LogP) is 2.37. The van der Waals surface area contributed by atoms with Crippen LogP contribution in [0.3, 0.4) is 0 Å². The van der Waals surface area contributed by atoms with Crippen molar-refractivity contribution in [2.75, 3.05) is 6.54 Å². The normalized spacial score (nSPS) is 11.1. The van der Waals surface area contributed by atoms with Crippen LogP contribution in [0.25, 0.3) is 11.0 Å². The number of hydrogen-bond donors (Lipinski definition) is 1. The average Bonchev–Trinajstić information content (AvgIpc) is 3.36. The number of hydrogen-bond acceptors (Lipinski definition) is 5. The highest BCUT2D eigenvalue weighted by Gasteiger charge is 2.11. The Morgan fingerprint density at radius 1 is 1.21 bits per heavy atom. The molecule has 1 amide bonds. The third-order valence-electron chi connectivity index (χ3n) is 4.66. The zero-order chi connectivity index (χ0) is 20.2. The number of aromatic nitrogens is 4. The van der Waals surface area contributed by atoms with E-state index in [4.69, 9.17) is 0 Å². The highest BCUT2D eigenvalue weighted by Crippen LogP contribution is 2.09. The molecule has 0 radical (unpaired) electrons. The van der Waals surface area contributed by atoms with Gasteiger partial charge in [-0.3, -0.25) is 14.2 Å². The highest BCUT2D eigenvalue weighted by molar-refractivity contribution is 7.10. The number of fused-ring (bicyclic) bond motifs is 1. The SMILES string of the molecule is Cc1ccc(Cn2cnc3c(cnn3CCNC(=O)Cc3cccs3)c2=O)cc1. The van der Waals surface area contributed by atoms with Gasteiger partial charge in [0.1, 0.15) is 11.7 Å². The quantitative estimate of drug-likeness (QED) is 0.510. The number of benzene rings is 1. The van der Waals surface area contributed by atoms with E-state index in [1.807, 2.05) is 48.7 Å². The van der Waals surface area contributed by atoms with Crippen LogP contribution in [0, 0.1) is 6.92 Å². The van der Waals surface area contributed by atoms with Gasteiger partial charge in [-0.05, 0) is 23.9 Å². The molecule has 0 fully saturated rings. The number of nitrogens with zero attached hydrogens (tertiary/aromatic N) is 4. The second-order valence-corrected chi connectivity index (χ2v) is 7.91. The molecule has 1 N–H and O–H groups in total. The Morgan fingerprint density at radius 2 is 2.03 bits per heavy atom. The van der Waals surface area contributed by atoms with Gasteiger partial charge in [0, 0.05) is 11.4 Å². The van der Waals surface area contributed by atoms with Crippen molar-refractivity contribution < 1.29 is 4.79 Å². The summed E-state index contributed by atoms with van der Waals surface area (Å²) in [6.07, 6.45) is 3.47. The van der Waals surface area contributed by atoms with Gasteiger partial charge in [0.2, 0.25) is 5.91 Å². The summed E-state index contributed by atoms with van der Waals surface area (Å²) in [4.78, 5) is 30.2. The van der Waals surface area contributed by atoms with Crippen molar-refractivity contribution in [3.05, 3.63) is 80.7 Å². The van der Waals surface area contributed by atoms with Crippen LogP contribution in [0.4, 0.5) is 0 Å². The molecule has 0 aliphatic carbocycles. The molecule has 0 spiro atoms. The maximum atomic E-state index is 12.8. The minimum absolute atomic E-state index is 0.0303. The minimum atomic E-state index is -0.122. The number of rotatable bonds is 7. The van der Waals surface area contributed by atoms with Gasteiger partial charge >= 0.3 is 0 Å². The first-order chi connectivity index (χ1) is 14.1. The number of carbonyl (C=O) groups is 1. The van der Waals surface area contributed by atoms with Crippen LogP contribution in [0.1, 0.15) is 16.0 Å². The van der Waals surface area contributed by atoms with E-state index in [1.54, 1.807) is 33.1 Å². The number of thiophene rings is 1. The van der Waals surface area contributed by atoms with Crippen LogP contribution < -0.4 is 10.9 Å². The molecule has 1 aromatic carbocycles. The van der Waals surface area contributed by atoms with Gasteiger partial charge in [0.25, 0.3) is 5.56 Å². The van der Waals surface area contributed by atoms with E-state index in [0.717, 1.165) is 10.4 Å². The molecule has 0 unspecified atom stereocenters. The molecule has 148 valence electrons. The van der Waals surface area contributed by atoms with Crippen molar-refractivity contribution in [1.82, 2.24) is 24.6 Å². The molecule has 8 heteroatoms. The summed E-state index contributed by atoms with van der Waals surface area (Å²) in [5.41, 5.74) is 2.63. The molecule has 3 aromatic heterocycles. The Hall–Kier alpha value is -3.26. The van der Waals surface area contributed by atoms with E-state index < -0.39 is 0 Å². The van der Waals surface area contributed by atoms with E-state index in [2.05, 4.69) is 15.4 Å². The fraction of sp³-hybridized carbons (Fsp3) is 0.238. The Balaban J connectivity index is 1.42. The molecule has 4 aromatic rings. The second-order valence-electron chi connectivity index (χ2n) is 6.87. The van der Waals surface area contributed by atoms with Crippen molar-refractivity contribution in [2.24, 2.45) is 0 Å². The Kier molecular flexibility index (Phi) is 5.53. The lowest BCUT2D eigenvalue weighted by atomic mass is 10.1. The highest BCUT2D eigenvalue weighted by atomic mass is 32.1. The van der Waals surface area contributed by atoms with Crippen LogP contribution in [0.15, 0.2) is 59.1 Å². The van der Waals surface area contributed by atoms with Gasteiger partial charge in [-0.1, -0.05) is 35.9 Å². The summed E-state index contributed by atoms with van der Waals surface area (Å²) in [5, 5.41) is 9.59. The summed E-state index contributed by atoms with van der Waals surface area (Å²) in [7, 11) is 0. The van der Waals surface area contributed by atoms with Gasteiger partial charge in [0.05, 0.1) is 25.7 Å². The molecule has 0 atom stereocenters. The first-order valence-electron chi connectivity index (χ1n) is 9.36. The molecule has 7 nitrogen and oxygen atoms in total. The van der Waals surface area contributed by atoms with Crippen molar-refractivity contribution in [2.45, 2.75) is 26.4 Å². The maximum Gasteiger partial charge on any atom is 0.264 e. The smallest absolute Gasteiger partial charge is 0.264 e. The standard InChI is InChI=1S/C21H21N5O2S/c1-15-4-6-16(7-5-15)13-25-14-23-20-18(21(25)28)12-24-26(20)9-8-22-19(27)11-17-3-2-10-29-17/h2-7,10,12,14H,8-9,11,13H2,1H3,(H,22,27). The number of nitrogens with one attached hydrogen (secondary N) is 1. The molecule has 0 aliphatic rings. The Labute approximate surface area is 171 Å². The molecule has 0 saturated carbocycles. The lowest BCUT2D eigenvalue weighted by Gasteiger charge is -2.07. The zero-order valence-corrected chi connectivity index (χ0v) is 16.9. The fourth-order valence-electron chi connectivity index (χ4n) is 3.10. The van der Waals surface area contributed by atoms with E-state index in [9.17, 15) is 9.59 Å². The summed E-state index contributed by atoms with van der Waals surface area (Å²) >= 11 is 1.56. The van der Waals surface area contributed by atoms with Crippen LogP contribution in [0.2, 0.25) is 0 Å². The second kappa shape index (κ2) is 8.40. The number of carbonyl (C=O) groups excluding carboxylic acids is 1. The minimum Gasteiger partial charge on any atom is -0.354 e. The molecular weight excluding hydrogens is 386 g/mol. The van der Waals surface area contributed by atoms with Gasteiger partial charge < -0.3 is 5.32 Å². The number of aryl methyl sites for hydroxylation is 1. The molecule has 3 heterocycles. The molecule has 29 heavy (non-hydrogen) atoms. The van der Waals surface area contributed by atoms with Crippen LogP contribution in [-0.4, -0.2) is 31.8 Å². The van der Waals surface area contributed by atoms with Gasteiger partial charge in [-0.2, -0.15) is 5.10 Å². The van der Waals surface area contributed by atoms with Gasteiger partial charge in [-0.25, -0.2) is 9.67 Å². The van der Waals surface area contributed by atoms with Crippen molar-refractivity contribution in [3.63, 3.8) is 0 Å². The Morgan fingerprint density at radius 3 is 2.79 bits per heavy atom. The van der Waals surface area contributed by atoms with E-state index in [-0.39, 0.29) is 11.5 Å². The molecular formula is C21H21N5O2S. The molecule has 4 rings (SSSR count). The Bertz CT molecular complexity index is 1180. The topological polar surface area (TPSA) is 81.8 Å². The van der Waals surface area contributed by atoms with Crippen molar-refractivity contribution in [1.29, 1.82) is 0 Å². The lowest BCUT2D eigenvalue weighted by molar-refractivity contribution is -0.120. The van der Waals surface area contributed by atoms with Crippen molar-refractivity contribution >= 4 is 28.3 Å². The summed E-state index contributed by atoms with van der Waals surface area (Å²) < 4.78 is 3.24. The monoisotopic (exact) mass is 407 g/mol. The maximum absolute atomic E-state index is 12.8. The molecule has 0 saturated heterocycles. The summed E-state index contributed by atoms with van der Waals surface area (Å²) in [6.45, 7) is 3.37. The molecule has 0 bridgehead atoms. The van der Waals surface area contributed by atoms with E-state index in [0.29, 0.717) is 37.1 Å². The average molecular weight is 407 g/mol. The fourth-order valence-corrected chi connectivity index (χ4v) is 3.80. The van der Waals surface area contributed by atoms with E-state index in [1.165, 1.54) is 5.56 Å². The summed E-state index contributed by atoms with van der Waals surface area (Å²) in [6, 6.07) is 11.9. The molecule has 0 aliphatic heterocycles. The van der Waals surface area contributed by atoms with E-state index >= 15 is 0 Å². The predicted molar refractivity (Wildman–Crippen MR) is 113 cm³/mol. The third-order valence-corrected chi connectivity index (χ3v) is 5.53. The number of amides is 1. The van der Waals surface area contributed by atoms with Crippen LogP contribution in [-0.2, 0) is 24.3 Å². The third kappa shape index (κ3) is 4.43. The van der Waals surface area contributed by atoms with Crippen LogP contribution in [0.5, 0.6) is 0 Å². The summed E-state index contributed by atoms with van der Waals surface area (Å²) in [5.74, 6) is -0.0303. The first-order valence-corrected chi connectivity index (χ1v) is 10.2. The van der Waals surface area contributed by atoms with Gasteiger partial charge in [0.15, 0.2) is 5.65 Å². The van der Waals surface area contributed by atoms with Crippen LogP contribution >= 0.6 is 11.3 Å². The zero-order valence-electron chi connectivity index (χ0n) is 16.0. The van der Waals surface area contributed by atoms with Crippen molar-refractivity contribution in [3.8, 4) is 0 Å². The largest absolute Gasteiger partial charge is 0.354 e. The van der Waals surface area contributed by atoms with Gasteiger partial charge in [-0.15, -0.1) is 11.3 Å².